The third-order valence-corrected chi connectivity index (χ3v) is 5.49. The lowest BCUT2D eigenvalue weighted by Gasteiger charge is -2.16. The predicted octanol–water partition coefficient (Wildman–Crippen LogP) is 5.05. The third-order valence-electron chi connectivity index (χ3n) is 4.56. The maximum Gasteiger partial charge on any atom is 0.196 e. The first-order valence-electron chi connectivity index (χ1n) is 9.82. The van der Waals surface area contributed by atoms with Crippen LogP contribution in [0.25, 0.3) is 17.1 Å². The monoisotopic (exact) mass is 425 g/mol. The van der Waals surface area contributed by atoms with Gasteiger partial charge in [-0.15, -0.1) is 10.2 Å². The summed E-state index contributed by atoms with van der Waals surface area (Å²) in [6.45, 7) is 8.34. The van der Waals surface area contributed by atoms with Crippen molar-refractivity contribution in [2.45, 2.75) is 32.9 Å². The molecule has 0 amide bonds. The van der Waals surface area contributed by atoms with Crippen LogP contribution in [0.2, 0.25) is 0 Å². The second-order valence-corrected chi connectivity index (χ2v) is 8.70. The Kier molecular flexibility index (Phi) is 6.82. The van der Waals surface area contributed by atoms with Crippen LogP contribution < -0.4 is 9.47 Å². The molecule has 0 aliphatic carbocycles. The average Bonchev–Trinajstić information content (AvgIpc) is 3.16. The third kappa shape index (κ3) is 5.02. The van der Waals surface area contributed by atoms with E-state index in [4.69, 9.17) is 9.47 Å². The van der Waals surface area contributed by atoms with Crippen molar-refractivity contribution >= 4 is 17.5 Å². The summed E-state index contributed by atoms with van der Waals surface area (Å²) in [6, 6.07) is 15.5. The quantitative estimate of drug-likeness (QED) is 0.471. The molecule has 0 aliphatic rings. The molecule has 0 atom stereocenters. The number of rotatable bonds is 8. The van der Waals surface area contributed by atoms with Crippen LogP contribution in [0, 0.1) is 5.41 Å². The van der Waals surface area contributed by atoms with Crippen molar-refractivity contribution in [3.05, 3.63) is 48.5 Å². The van der Waals surface area contributed by atoms with E-state index in [0.29, 0.717) is 23.3 Å². The highest BCUT2D eigenvalue weighted by molar-refractivity contribution is 7.99. The van der Waals surface area contributed by atoms with E-state index in [1.54, 1.807) is 7.11 Å². The van der Waals surface area contributed by atoms with Gasteiger partial charge in [0.05, 0.1) is 19.5 Å². The van der Waals surface area contributed by atoms with E-state index in [-0.39, 0.29) is 5.78 Å². The van der Waals surface area contributed by atoms with Crippen LogP contribution in [-0.4, -0.2) is 40.0 Å². The van der Waals surface area contributed by atoms with Gasteiger partial charge < -0.3 is 9.47 Å². The fourth-order valence-corrected chi connectivity index (χ4v) is 3.84. The van der Waals surface area contributed by atoms with Crippen LogP contribution >= 0.6 is 11.8 Å². The second-order valence-electron chi connectivity index (χ2n) is 7.76. The highest BCUT2D eigenvalue weighted by atomic mass is 32.2. The van der Waals surface area contributed by atoms with Crippen LogP contribution in [0.5, 0.6) is 11.5 Å². The molecule has 0 aliphatic heterocycles. The van der Waals surface area contributed by atoms with Gasteiger partial charge in [-0.05, 0) is 55.5 Å². The molecule has 0 spiro atoms. The molecule has 6 nitrogen and oxygen atoms in total. The molecule has 2 aromatic carbocycles. The van der Waals surface area contributed by atoms with Gasteiger partial charge in [-0.3, -0.25) is 9.36 Å². The first-order valence-corrected chi connectivity index (χ1v) is 10.8. The number of ether oxygens (including phenoxy) is 2. The van der Waals surface area contributed by atoms with Gasteiger partial charge >= 0.3 is 0 Å². The molecule has 3 rings (SSSR count). The summed E-state index contributed by atoms with van der Waals surface area (Å²) in [5, 5.41) is 9.48. The van der Waals surface area contributed by atoms with Gasteiger partial charge in [0.15, 0.2) is 11.0 Å². The Morgan fingerprint density at radius 1 is 1.00 bits per heavy atom. The molecule has 0 radical (unpaired) electrons. The number of aromatic nitrogens is 3. The highest BCUT2D eigenvalue weighted by Gasteiger charge is 2.23. The molecule has 30 heavy (non-hydrogen) atoms. The van der Waals surface area contributed by atoms with Gasteiger partial charge in [0, 0.05) is 16.7 Å². The lowest BCUT2D eigenvalue weighted by molar-refractivity contribution is -0.123. The van der Waals surface area contributed by atoms with Crippen molar-refractivity contribution in [3.63, 3.8) is 0 Å². The van der Waals surface area contributed by atoms with Crippen molar-refractivity contribution in [1.29, 1.82) is 0 Å². The Hall–Kier alpha value is -2.80. The van der Waals surface area contributed by atoms with Crippen LogP contribution in [-0.2, 0) is 4.79 Å². The Morgan fingerprint density at radius 2 is 1.63 bits per heavy atom. The van der Waals surface area contributed by atoms with Crippen LogP contribution in [0.4, 0.5) is 0 Å². The molecular weight excluding hydrogens is 398 g/mol. The van der Waals surface area contributed by atoms with E-state index < -0.39 is 5.41 Å². The van der Waals surface area contributed by atoms with E-state index in [1.165, 1.54) is 11.8 Å². The van der Waals surface area contributed by atoms with Crippen molar-refractivity contribution in [2.75, 3.05) is 19.5 Å². The summed E-state index contributed by atoms with van der Waals surface area (Å²) >= 11 is 1.40. The molecular formula is C23H27N3O3S. The zero-order chi connectivity index (χ0) is 21.7. The summed E-state index contributed by atoms with van der Waals surface area (Å²) in [5.41, 5.74) is 1.42. The number of thioether (sulfide) groups is 1. The predicted molar refractivity (Wildman–Crippen MR) is 120 cm³/mol. The van der Waals surface area contributed by atoms with E-state index in [9.17, 15) is 4.79 Å². The highest BCUT2D eigenvalue weighted by Crippen LogP contribution is 2.31. The number of nitrogens with zero attached hydrogens (tertiary/aromatic N) is 3. The summed E-state index contributed by atoms with van der Waals surface area (Å²) in [6.07, 6.45) is 0. The molecule has 0 unspecified atom stereocenters. The van der Waals surface area contributed by atoms with Crippen molar-refractivity contribution in [2.24, 2.45) is 5.41 Å². The van der Waals surface area contributed by atoms with Crippen LogP contribution in [0.1, 0.15) is 27.7 Å². The van der Waals surface area contributed by atoms with Crippen molar-refractivity contribution in [1.82, 2.24) is 14.8 Å². The Balaban J connectivity index is 2.00. The maximum absolute atomic E-state index is 12.4. The summed E-state index contributed by atoms with van der Waals surface area (Å²) < 4.78 is 12.8. The van der Waals surface area contributed by atoms with E-state index in [2.05, 4.69) is 10.2 Å². The van der Waals surface area contributed by atoms with Crippen LogP contribution in [0.15, 0.2) is 53.7 Å². The number of carbonyl (C=O) groups excluding carboxylic acids is 1. The molecule has 0 bridgehead atoms. The van der Waals surface area contributed by atoms with Gasteiger partial charge in [-0.25, -0.2) is 0 Å². The lowest BCUT2D eigenvalue weighted by atomic mass is 9.92. The van der Waals surface area contributed by atoms with E-state index in [1.807, 2.05) is 80.8 Å². The zero-order valence-electron chi connectivity index (χ0n) is 18.0. The number of ketones is 1. The molecule has 158 valence electrons. The molecule has 0 fully saturated rings. The molecule has 1 heterocycles. The van der Waals surface area contributed by atoms with E-state index >= 15 is 0 Å². The van der Waals surface area contributed by atoms with Gasteiger partial charge in [-0.2, -0.15) is 0 Å². The Bertz CT molecular complexity index is 990. The normalized spacial score (nSPS) is 11.4. The van der Waals surface area contributed by atoms with E-state index in [0.717, 1.165) is 22.7 Å². The minimum Gasteiger partial charge on any atom is -0.497 e. The number of hydrogen-bond donors (Lipinski definition) is 0. The fourth-order valence-electron chi connectivity index (χ4n) is 2.73. The van der Waals surface area contributed by atoms with Gasteiger partial charge in [0.25, 0.3) is 0 Å². The first-order chi connectivity index (χ1) is 14.3. The van der Waals surface area contributed by atoms with Gasteiger partial charge in [-0.1, -0.05) is 32.5 Å². The smallest absolute Gasteiger partial charge is 0.196 e. The topological polar surface area (TPSA) is 66.2 Å². The standard InChI is InChI=1S/C23H27N3O3S/c1-6-29-19-13-9-17(10-14-19)26-21(16-7-11-18(28-5)12-8-16)24-25-22(26)30-15-20(27)23(2,3)4/h7-14H,6,15H2,1-5H3. The van der Waals surface area contributed by atoms with Crippen molar-refractivity contribution < 1.29 is 14.3 Å². The minimum atomic E-state index is -0.393. The summed E-state index contributed by atoms with van der Waals surface area (Å²) in [7, 11) is 1.64. The average molecular weight is 426 g/mol. The molecule has 7 heteroatoms. The largest absolute Gasteiger partial charge is 0.497 e. The molecule has 0 saturated heterocycles. The van der Waals surface area contributed by atoms with Crippen LogP contribution in [0.3, 0.4) is 0 Å². The molecule has 3 aromatic rings. The summed E-state index contributed by atoms with van der Waals surface area (Å²) in [4.78, 5) is 12.4. The number of carbonyl (C=O) groups is 1. The molecule has 0 saturated carbocycles. The Labute approximate surface area is 181 Å². The maximum atomic E-state index is 12.4. The SMILES string of the molecule is CCOc1ccc(-n2c(SCC(=O)C(C)(C)C)nnc2-c2ccc(OC)cc2)cc1. The number of benzene rings is 2. The van der Waals surface area contributed by atoms with Crippen molar-refractivity contribution in [3.8, 4) is 28.6 Å². The Morgan fingerprint density at radius 3 is 2.20 bits per heavy atom. The second kappa shape index (κ2) is 9.34. The number of methoxy groups -OCH3 is 1. The molecule has 1 aromatic heterocycles. The number of hydrogen-bond acceptors (Lipinski definition) is 6. The minimum absolute atomic E-state index is 0.166. The lowest BCUT2D eigenvalue weighted by Crippen LogP contribution is -2.22. The summed E-state index contributed by atoms with van der Waals surface area (Å²) in [5.74, 6) is 2.78. The first kappa shape index (κ1) is 21.9. The molecule has 0 N–H and O–H groups in total. The number of Topliss-reactive ketones (excluding diaryl/α,β-unsaturated/α-hetero) is 1. The van der Waals surface area contributed by atoms with Gasteiger partial charge in [0.1, 0.15) is 17.3 Å². The van der Waals surface area contributed by atoms with Gasteiger partial charge in [0.2, 0.25) is 0 Å². The fraction of sp³-hybridized carbons (Fsp3) is 0.348. The zero-order valence-corrected chi connectivity index (χ0v) is 18.8.